The zero-order chi connectivity index (χ0) is 15.6. The van der Waals surface area contributed by atoms with Gasteiger partial charge in [0.1, 0.15) is 0 Å². The van der Waals surface area contributed by atoms with Gasteiger partial charge in [-0.15, -0.1) is 0 Å². The molecule has 0 bridgehead atoms. The molecule has 0 radical (unpaired) electrons. The Kier molecular flexibility index (Phi) is 4.52. The number of benzene rings is 1. The second-order valence-corrected chi connectivity index (χ2v) is 6.76. The van der Waals surface area contributed by atoms with Crippen molar-refractivity contribution in [2.45, 2.75) is 46.6 Å². The summed E-state index contributed by atoms with van der Waals surface area (Å²) in [6.07, 6.45) is 2.14. The van der Waals surface area contributed by atoms with Crippen molar-refractivity contribution in [3.63, 3.8) is 0 Å². The highest BCUT2D eigenvalue weighted by molar-refractivity contribution is 5.71. The van der Waals surface area contributed by atoms with Gasteiger partial charge in [-0.3, -0.25) is 4.68 Å². The fourth-order valence-corrected chi connectivity index (χ4v) is 2.59. The Morgan fingerprint density at radius 1 is 1.19 bits per heavy atom. The summed E-state index contributed by atoms with van der Waals surface area (Å²) in [6.45, 7) is 12.8. The Balaban J connectivity index is 2.58. The van der Waals surface area contributed by atoms with Crippen LogP contribution in [0, 0.1) is 6.92 Å². The second-order valence-electron chi connectivity index (χ2n) is 6.76. The van der Waals surface area contributed by atoms with Crippen LogP contribution in [0.25, 0.3) is 11.1 Å². The molecule has 1 aromatic heterocycles. The van der Waals surface area contributed by atoms with Crippen LogP contribution in [0.3, 0.4) is 0 Å². The molecule has 1 heterocycles. The van der Waals surface area contributed by atoms with Crippen LogP contribution in [-0.4, -0.2) is 16.3 Å². The summed E-state index contributed by atoms with van der Waals surface area (Å²) in [5, 5.41) is 8.14. The molecule has 0 aliphatic heterocycles. The molecule has 0 amide bonds. The predicted molar refractivity (Wildman–Crippen MR) is 89.5 cm³/mol. The van der Waals surface area contributed by atoms with Gasteiger partial charge in [0.2, 0.25) is 0 Å². The lowest BCUT2D eigenvalue weighted by Gasteiger charge is -2.19. The number of hydrogen-bond donors (Lipinski definition) is 1. The van der Waals surface area contributed by atoms with Gasteiger partial charge < -0.3 is 5.32 Å². The normalized spacial score (nSPS) is 11.9. The van der Waals surface area contributed by atoms with Crippen molar-refractivity contribution in [3.05, 3.63) is 41.2 Å². The van der Waals surface area contributed by atoms with Gasteiger partial charge in [0.15, 0.2) is 0 Å². The van der Waals surface area contributed by atoms with Crippen LogP contribution in [0.15, 0.2) is 24.4 Å². The fourth-order valence-electron chi connectivity index (χ4n) is 2.59. The van der Waals surface area contributed by atoms with Gasteiger partial charge in [-0.2, -0.15) is 5.10 Å². The smallest absolute Gasteiger partial charge is 0.0756 e. The number of aromatic nitrogens is 2. The van der Waals surface area contributed by atoms with Crippen molar-refractivity contribution in [3.8, 4) is 11.1 Å². The molecule has 21 heavy (non-hydrogen) atoms. The molecular weight excluding hydrogens is 258 g/mol. The Bertz CT molecular complexity index is 618. The van der Waals surface area contributed by atoms with E-state index in [4.69, 9.17) is 5.10 Å². The van der Waals surface area contributed by atoms with Gasteiger partial charge in [0.25, 0.3) is 0 Å². The quantitative estimate of drug-likeness (QED) is 0.926. The largest absolute Gasteiger partial charge is 0.313 e. The third kappa shape index (κ3) is 3.53. The molecule has 3 nitrogen and oxygen atoms in total. The monoisotopic (exact) mass is 285 g/mol. The number of aryl methyl sites for hydroxylation is 2. The van der Waals surface area contributed by atoms with E-state index in [0.29, 0.717) is 0 Å². The molecule has 0 saturated heterocycles. The predicted octanol–water partition coefficient (Wildman–Crippen LogP) is 3.80. The zero-order valence-electron chi connectivity index (χ0n) is 14.1. The average Bonchev–Trinajstić information content (AvgIpc) is 2.79. The van der Waals surface area contributed by atoms with E-state index in [1.54, 1.807) is 0 Å². The molecule has 1 aromatic carbocycles. The van der Waals surface area contributed by atoms with E-state index >= 15 is 0 Å². The highest BCUT2D eigenvalue weighted by Gasteiger charge is 2.23. The molecule has 1 N–H and O–H groups in total. The summed E-state index contributed by atoms with van der Waals surface area (Å²) in [6, 6.07) is 6.69. The minimum Gasteiger partial charge on any atom is -0.313 e. The Morgan fingerprint density at radius 3 is 2.52 bits per heavy atom. The first-order valence-electron chi connectivity index (χ1n) is 7.67. The van der Waals surface area contributed by atoms with Crippen LogP contribution in [0.4, 0.5) is 0 Å². The van der Waals surface area contributed by atoms with E-state index in [1.165, 1.54) is 22.3 Å². The van der Waals surface area contributed by atoms with Gasteiger partial charge in [-0.1, -0.05) is 51.5 Å². The minimum atomic E-state index is 0.0375. The zero-order valence-corrected chi connectivity index (χ0v) is 14.1. The molecular formula is C18H27N3. The van der Waals surface area contributed by atoms with Crippen molar-refractivity contribution in [2.75, 3.05) is 6.54 Å². The van der Waals surface area contributed by atoms with Gasteiger partial charge >= 0.3 is 0 Å². The maximum absolute atomic E-state index is 4.71. The lowest BCUT2D eigenvalue weighted by Crippen LogP contribution is -2.15. The van der Waals surface area contributed by atoms with Crippen molar-refractivity contribution >= 4 is 0 Å². The van der Waals surface area contributed by atoms with Gasteiger partial charge in [0, 0.05) is 30.8 Å². The SMILES string of the molecule is CCNCc1ccc(C)cc1-c1cn(C)nc1C(C)(C)C. The number of nitrogens with one attached hydrogen (secondary N) is 1. The average molecular weight is 285 g/mol. The van der Waals surface area contributed by atoms with E-state index in [2.05, 4.69) is 64.3 Å². The first-order chi connectivity index (χ1) is 9.82. The maximum atomic E-state index is 4.71. The Morgan fingerprint density at radius 2 is 1.90 bits per heavy atom. The maximum Gasteiger partial charge on any atom is 0.0756 e. The van der Waals surface area contributed by atoms with Crippen LogP contribution in [0.2, 0.25) is 0 Å². The van der Waals surface area contributed by atoms with E-state index in [1.807, 2.05) is 11.7 Å². The number of hydrogen-bond acceptors (Lipinski definition) is 2. The lowest BCUT2D eigenvalue weighted by atomic mass is 9.86. The second kappa shape index (κ2) is 6.02. The summed E-state index contributed by atoms with van der Waals surface area (Å²) in [7, 11) is 2.00. The summed E-state index contributed by atoms with van der Waals surface area (Å²) < 4.78 is 1.93. The van der Waals surface area contributed by atoms with Gasteiger partial charge in [-0.05, 0) is 24.6 Å². The standard InChI is InChI=1S/C18H27N3/c1-7-19-11-14-9-8-13(2)10-15(14)16-12-21(6)20-17(16)18(3,4)5/h8-10,12,19H,7,11H2,1-6H3. The van der Waals surface area contributed by atoms with E-state index in [-0.39, 0.29) is 5.41 Å². The van der Waals surface area contributed by atoms with Gasteiger partial charge in [-0.25, -0.2) is 0 Å². The molecule has 0 aliphatic carbocycles. The summed E-state index contributed by atoms with van der Waals surface area (Å²) >= 11 is 0. The van der Waals surface area contributed by atoms with Gasteiger partial charge in [0.05, 0.1) is 5.69 Å². The highest BCUT2D eigenvalue weighted by atomic mass is 15.3. The van der Waals surface area contributed by atoms with Crippen LogP contribution in [0.1, 0.15) is 44.5 Å². The Hall–Kier alpha value is -1.61. The molecule has 114 valence electrons. The van der Waals surface area contributed by atoms with Crippen molar-refractivity contribution < 1.29 is 0 Å². The topological polar surface area (TPSA) is 29.9 Å². The molecule has 2 aromatic rings. The number of nitrogens with zero attached hydrogens (tertiary/aromatic N) is 2. The van der Waals surface area contributed by atoms with E-state index < -0.39 is 0 Å². The molecule has 0 spiro atoms. The van der Waals surface area contributed by atoms with Crippen LogP contribution >= 0.6 is 0 Å². The van der Waals surface area contributed by atoms with Crippen LogP contribution in [0.5, 0.6) is 0 Å². The summed E-state index contributed by atoms with van der Waals surface area (Å²) in [5.74, 6) is 0. The van der Waals surface area contributed by atoms with E-state index in [0.717, 1.165) is 18.8 Å². The lowest BCUT2D eigenvalue weighted by molar-refractivity contribution is 0.554. The minimum absolute atomic E-state index is 0.0375. The fraction of sp³-hybridized carbons (Fsp3) is 0.500. The van der Waals surface area contributed by atoms with Crippen molar-refractivity contribution in [1.29, 1.82) is 0 Å². The molecule has 0 atom stereocenters. The molecule has 0 fully saturated rings. The molecule has 3 heteroatoms. The third-order valence-electron chi connectivity index (χ3n) is 3.66. The molecule has 0 aliphatic rings. The first kappa shape index (κ1) is 15.8. The van der Waals surface area contributed by atoms with Crippen LogP contribution in [-0.2, 0) is 19.0 Å². The van der Waals surface area contributed by atoms with E-state index in [9.17, 15) is 0 Å². The van der Waals surface area contributed by atoms with Crippen LogP contribution < -0.4 is 5.32 Å². The summed E-state index contributed by atoms with van der Waals surface area (Å²) in [5.41, 5.74) is 6.37. The molecule has 2 rings (SSSR count). The first-order valence-corrected chi connectivity index (χ1v) is 7.67. The Labute approximate surface area is 128 Å². The highest BCUT2D eigenvalue weighted by Crippen LogP contribution is 2.34. The number of rotatable bonds is 4. The van der Waals surface area contributed by atoms with Crippen molar-refractivity contribution in [2.24, 2.45) is 7.05 Å². The molecule has 0 unspecified atom stereocenters. The molecule has 0 saturated carbocycles. The van der Waals surface area contributed by atoms with Crippen molar-refractivity contribution in [1.82, 2.24) is 15.1 Å². The third-order valence-corrected chi connectivity index (χ3v) is 3.66. The summed E-state index contributed by atoms with van der Waals surface area (Å²) in [4.78, 5) is 0.